The van der Waals surface area contributed by atoms with Crippen molar-refractivity contribution in [1.29, 1.82) is 0 Å². The van der Waals surface area contributed by atoms with E-state index in [1.807, 2.05) is 19.2 Å². The number of carbonyl (C=O) groups excluding carboxylic acids is 1. The molecule has 2 aliphatic rings. The van der Waals surface area contributed by atoms with E-state index in [-0.39, 0.29) is 23.3 Å². The molecule has 2 unspecified atom stereocenters. The number of hydrogen-bond donors (Lipinski definition) is 1. The van der Waals surface area contributed by atoms with Gasteiger partial charge in [0, 0.05) is 79.0 Å². The minimum absolute atomic E-state index is 0.0366. The number of rotatable bonds is 22. The van der Waals surface area contributed by atoms with Gasteiger partial charge in [-0.3, -0.25) is 14.8 Å². The zero-order valence-electron chi connectivity index (χ0n) is 41.6. The molecule has 2 saturated heterocycles. The van der Waals surface area contributed by atoms with Gasteiger partial charge in [-0.2, -0.15) is 0 Å². The van der Waals surface area contributed by atoms with E-state index in [1.54, 1.807) is 4.90 Å². The minimum Gasteiger partial charge on any atom is -0.363 e. The molecule has 350 valence electrons. The number of pyridine rings is 1. The second kappa shape index (κ2) is 22.1. The van der Waals surface area contributed by atoms with Gasteiger partial charge < -0.3 is 19.8 Å². The molecule has 1 N–H and O–H groups in total. The van der Waals surface area contributed by atoms with Crippen LogP contribution in [0.1, 0.15) is 117 Å². The highest BCUT2D eigenvalue weighted by Crippen LogP contribution is 2.43. The van der Waals surface area contributed by atoms with E-state index >= 15 is 0 Å². The third-order valence-corrected chi connectivity index (χ3v) is 14.0. The van der Waals surface area contributed by atoms with Gasteiger partial charge >= 0.3 is 0 Å². The second-order valence-corrected chi connectivity index (χ2v) is 19.5. The molecule has 0 saturated carbocycles. The number of likely N-dealkylation sites (tertiary alicyclic amines) is 1. The number of likely N-dealkylation sites (N-methyl/N-ethyl adjacent to an activating group) is 1. The predicted molar refractivity (Wildman–Crippen MR) is 278 cm³/mol. The van der Waals surface area contributed by atoms with Crippen LogP contribution in [0.3, 0.4) is 0 Å². The SMILES string of the molecule is C#CC(=O)N(CC)CC=C1CCN(C(C(=C)NN2CCCN2C(=C)CCC(C)(C)Cc2c(-c3cccnc3C(C)CC)n(CC)c3ccc(-c4cccc(CCC=C)c4)cc23)C(C)C)C1=C. The predicted octanol–water partition coefficient (Wildman–Crippen LogP) is 12.5. The molecule has 4 aromatic rings. The van der Waals surface area contributed by atoms with Crippen molar-refractivity contribution in [3.8, 4) is 34.7 Å². The molecule has 2 aromatic carbocycles. The highest BCUT2D eigenvalue weighted by molar-refractivity contribution is 5.95. The Morgan fingerprint density at radius 3 is 2.50 bits per heavy atom. The smallest absolute Gasteiger partial charge is 0.298 e. The van der Waals surface area contributed by atoms with Gasteiger partial charge in [0.25, 0.3) is 5.91 Å². The Kier molecular flexibility index (Phi) is 16.7. The van der Waals surface area contributed by atoms with Crippen molar-refractivity contribution < 1.29 is 4.79 Å². The van der Waals surface area contributed by atoms with Crippen LogP contribution in [0.2, 0.25) is 0 Å². The molecular formula is C58H77N7O. The normalized spacial score (nSPS) is 16.0. The van der Waals surface area contributed by atoms with Gasteiger partial charge in [0.2, 0.25) is 0 Å². The summed E-state index contributed by atoms with van der Waals surface area (Å²) >= 11 is 0. The summed E-state index contributed by atoms with van der Waals surface area (Å²) in [5.41, 5.74) is 18.1. The van der Waals surface area contributed by atoms with Crippen LogP contribution in [0.5, 0.6) is 0 Å². The number of allylic oxidation sites excluding steroid dienone is 3. The highest BCUT2D eigenvalue weighted by Gasteiger charge is 2.34. The number of aryl methyl sites for hydroxylation is 2. The summed E-state index contributed by atoms with van der Waals surface area (Å²) in [7, 11) is 0. The van der Waals surface area contributed by atoms with E-state index < -0.39 is 0 Å². The summed E-state index contributed by atoms with van der Waals surface area (Å²) in [5, 5.41) is 5.89. The van der Waals surface area contributed by atoms with Crippen LogP contribution in [0.15, 0.2) is 122 Å². The monoisotopic (exact) mass is 888 g/mol. The molecule has 0 bridgehead atoms. The van der Waals surface area contributed by atoms with Gasteiger partial charge in [0.15, 0.2) is 0 Å². The maximum atomic E-state index is 12.2. The van der Waals surface area contributed by atoms with Crippen LogP contribution >= 0.6 is 0 Å². The molecule has 8 nitrogen and oxygen atoms in total. The van der Waals surface area contributed by atoms with Crippen LogP contribution in [-0.2, 0) is 24.2 Å². The Bertz CT molecular complexity index is 2480. The molecule has 66 heavy (non-hydrogen) atoms. The summed E-state index contributed by atoms with van der Waals surface area (Å²) < 4.78 is 2.54. The Morgan fingerprint density at radius 1 is 1.03 bits per heavy atom. The fourth-order valence-corrected chi connectivity index (χ4v) is 10.1. The minimum atomic E-state index is -0.287. The van der Waals surface area contributed by atoms with Gasteiger partial charge in [-0.05, 0) is 140 Å². The average Bonchev–Trinajstić information content (AvgIpc) is 4.02. The average molecular weight is 888 g/mol. The quantitative estimate of drug-likeness (QED) is 0.0627. The van der Waals surface area contributed by atoms with Gasteiger partial charge in [-0.1, -0.05) is 104 Å². The third-order valence-electron chi connectivity index (χ3n) is 14.0. The van der Waals surface area contributed by atoms with E-state index in [0.29, 0.717) is 19.0 Å². The zero-order valence-corrected chi connectivity index (χ0v) is 41.6. The Balaban J connectivity index is 1.23. The van der Waals surface area contributed by atoms with Crippen LogP contribution < -0.4 is 5.43 Å². The molecule has 0 spiro atoms. The van der Waals surface area contributed by atoms with Crippen LogP contribution in [0.25, 0.3) is 33.3 Å². The number of hydrazine groups is 2. The molecule has 2 aliphatic heterocycles. The van der Waals surface area contributed by atoms with E-state index in [9.17, 15) is 4.79 Å². The van der Waals surface area contributed by atoms with Crippen LogP contribution in [0.4, 0.5) is 0 Å². The molecule has 2 atom stereocenters. The number of carbonyl (C=O) groups is 1. The van der Waals surface area contributed by atoms with E-state index in [0.717, 1.165) is 100 Å². The van der Waals surface area contributed by atoms with Crippen molar-refractivity contribution >= 4 is 16.8 Å². The van der Waals surface area contributed by atoms with Gasteiger partial charge in [-0.25, -0.2) is 0 Å². The fraction of sp³-hybridized carbons (Fsp3) is 0.448. The molecule has 4 heterocycles. The first-order valence-corrected chi connectivity index (χ1v) is 24.6. The number of aromatic nitrogens is 2. The molecule has 0 aliphatic carbocycles. The molecular weight excluding hydrogens is 811 g/mol. The molecule has 2 fully saturated rings. The van der Waals surface area contributed by atoms with E-state index in [2.05, 4.69) is 160 Å². The third kappa shape index (κ3) is 11.1. The van der Waals surface area contributed by atoms with Crippen molar-refractivity contribution in [2.45, 2.75) is 125 Å². The van der Waals surface area contributed by atoms with Crippen LogP contribution in [-0.4, -0.2) is 74.2 Å². The lowest BCUT2D eigenvalue weighted by molar-refractivity contribution is -0.124. The first-order valence-electron chi connectivity index (χ1n) is 24.6. The number of terminal acetylenes is 1. The zero-order chi connectivity index (χ0) is 47.7. The second-order valence-electron chi connectivity index (χ2n) is 19.5. The Morgan fingerprint density at radius 2 is 1.80 bits per heavy atom. The Hall–Kier alpha value is -5.78. The first-order chi connectivity index (χ1) is 31.7. The number of nitrogens with zero attached hydrogens (tertiary/aromatic N) is 6. The summed E-state index contributed by atoms with van der Waals surface area (Å²) in [4.78, 5) is 21.3. The lowest BCUT2D eigenvalue weighted by Gasteiger charge is -2.39. The van der Waals surface area contributed by atoms with E-state index in [4.69, 9.17) is 18.0 Å². The van der Waals surface area contributed by atoms with Crippen molar-refractivity contribution in [2.24, 2.45) is 11.3 Å². The van der Waals surface area contributed by atoms with Crippen molar-refractivity contribution in [2.75, 3.05) is 32.7 Å². The maximum absolute atomic E-state index is 12.2. The lowest BCUT2D eigenvalue weighted by Crippen LogP contribution is -2.50. The molecule has 1 amide bonds. The van der Waals surface area contributed by atoms with E-state index in [1.165, 1.54) is 50.1 Å². The summed E-state index contributed by atoms with van der Waals surface area (Å²) in [6.07, 6.45) is 19.1. The number of benzene rings is 2. The molecule has 8 heteroatoms. The number of amides is 1. The molecule has 6 rings (SSSR count). The van der Waals surface area contributed by atoms with Crippen molar-refractivity contribution in [3.63, 3.8) is 0 Å². The maximum Gasteiger partial charge on any atom is 0.298 e. The number of nitrogens with one attached hydrogen (secondary N) is 1. The standard InChI is InChI=1S/C58H77N7O/c1-14-19-23-46-24-20-25-48(38-46)49-27-28-53-51(39-49)52(57(62(53)18-5)50-26-21-33-59-55(50)42(8)15-2)40-58(12,13)32-29-43(9)64-34-22-35-65(64)60-44(10)56(41(6)7)63-37-31-47(45(63)11)30-36-61(17-4)54(66)16-3/h3,14,20-21,24-28,30,33,38-39,41-42,56,60H,1,9-11,15,17-19,22-23,29,31-32,34-37,40H2,2,4-8,12-13H3. The molecule has 0 radical (unpaired) electrons. The highest BCUT2D eigenvalue weighted by atomic mass is 16.2. The summed E-state index contributed by atoms with van der Waals surface area (Å²) in [6.45, 7) is 40.5. The van der Waals surface area contributed by atoms with Crippen LogP contribution in [0, 0.1) is 23.7 Å². The fourth-order valence-electron chi connectivity index (χ4n) is 10.1. The topological polar surface area (TPSA) is 59.9 Å². The first kappa shape index (κ1) is 49.6. The van der Waals surface area contributed by atoms with Gasteiger partial charge in [0.1, 0.15) is 0 Å². The van der Waals surface area contributed by atoms with Crippen molar-refractivity contribution in [3.05, 3.63) is 139 Å². The number of hydrogen-bond acceptors (Lipinski definition) is 6. The lowest BCUT2D eigenvalue weighted by atomic mass is 9.79. The van der Waals surface area contributed by atoms with Gasteiger partial charge in [0.05, 0.1) is 17.4 Å². The summed E-state index contributed by atoms with van der Waals surface area (Å²) in [5.74, 6) is 2.59. The molecule has 2 aromatic heterocycles. The Labute approximate surface area is 397 Å². The number of fused-ring (bicyclic) bond motifs is 1. The summed E-state index contributed by atoms with van der Waals surface area (Å²) in [6, 6.07) is 20.6. The van der Waals surface area contributed by atoms with Gasteiger partial charge in [-0.15, -0.1) is 18.1 Å². The van der Waals surface area contributed by atoms with Crippen molar-refractivity contribution in [1.82, 2.24) is 34.9 Å². The largest absolute Gasteiger partial charge is 0.363 e.